The molecule has 0 atom stereocenters. The monoisotopic (exact) mass is 219 g/mol. The highest BCUT2D eigenvalue weighted by Crippen LogP contribution is 1.99. The highest BCUT2D eigenvalue weighted by Gasteiger charge is 2.04. The van der Waals surface area contributed by atoms with Gasteiger partial charge < -0.3 is 9.64 Å². The van der Waals surface area contributed by atoms with E-state index >= 15 is 0 Å². The van der Waals surface area contributed by atoms with Crippen LogP contribution in [0, 0.1) is 0 Å². The second-order valence-corrected chi connectivity index (χ2v) is 4.45. The Morgan fingerprint density at radius 3 is 2.64 bits per heavy atom. The fourth-order valence-corrected chi connectivity index (χ4v) is 1.72. The van der Waals surface area contributed by atoms with Crippen molar-refractivity contribution in [3.63, 3.8) is 0 Å². The summed E-state index contributed by atoms with van der Waals surface area (Å²) in [4.78, 5) is 13.2. The van der Waals surface area contributed by atoms with E-state index in [0.29, 0.717) is 13.0 Å². The minimum atomic E-state index is -0.0949. The molecule has 0 radical (unpaired) electrons. The van der Waals surface area contributed by atoms with E-state index in [2.05, 4.69) is 11.8 Å². The SMILES string of the molecule is CCOC(=O)CCN(C)CCSCC. The zero-order chi connectivity index (χ0) is 10.8. The lowest BCUT2D eigenvalue weighted by Gasteiger charge is -2.15. The Bertz CT molecular complexity index is 153. The number of rotatable bonds is 8. The summed E-state index contributed by atoms with van der Waals surface area (Å²) in [5, 5.41) is 0. The fourth-order valence-electron chi connectivity index (χ4n) is 0.992. The molecule has 0 aromatic carbocycles. The van der Waals surface area contributed by atoms with E-state index in [1.54, 1.807) is 0 Å². The Morgan fingerprint density at radius 2 is 2.07 bits per heavy atom. The summed E-state index contributed by atoms with van der Waals surface area (Å²) >= 11 is 1.92. The van der Waals surface area contributed by atoms with Gasteiger partial charge in [0.05, 0.1) is 13.0 Å². The summed E-state index contributed by atoms with van der Waals surface area (Å²) in [6, 6.07) is 0. The van der Waals surface area contributed by atoms with Crippen molar-refractivity contribution < 1.29 is 9.53 Å². The van der Waals surface area contributed by atoms with E-state index in [-0.39, 0.29) is 5.97 Å². The molecule has 14 heavy (non-hydrogen) atoms. The molecule has 0 bridgehead atoms. The molecule has 84 valence electrons. The molecule has 0 aromatic heterocycles. The van der Waals surface area contributed by atoms with Crippen LogP contribution in [0.2, 0.25) is 0 Å². The summed E-state index contributed by atoms with van der Waals surface area (Å²) in [7, 11) is 2.04. The van der Waals surface area contributed by atoms with Gasteiger partial charge >= 0.3 is 5.97 Å². The molecule has 0 amide bonds. The third-order valence-electron chi connectivity index (χ3n) is 1.82. The molecule has 0 aromatic rings. The molecular weight excluding hydrogens is 198 g/mol. The van der Waals surface area contributed by atoms with Crippen LogP contribution in [0.3, 0.4) is 0 Å². The van der Waals surface area contributed by atoms with Gasteiger partial charge in [0.1, 0.15) is 0 Å². The normalized spacial score (nSPS) is 10.6. The van der Waals surface area contributed by atoms with E-state index in [4.69, 9.17) is 4.74 Å². The zero-order valence-corrected chi connectivity index (χ0v) is 10.2. The number of carbonyl (C=O) groups is 1. The molecule has 0 unspecified atom stereocenters. The summed E-state index contributed by atoms with van der Waals surface area (Å²) in [6.07, 6.45) is 0.501. The van der Waals surface area contributed by atoms with Gasteiger partial charge in [-0.05, 0) is 19.7 Å². The molecule has 0 spiro atoms. The van der Waals surface area contributed by atoms with Gasteiger partial charge in [0.15, 0.2) is 0 Å². The summed E-state index contributed by atoms with van der Waals surface area (Å²) < 4.78 is 4.85. The zero-order valence-electron chi connectivity index (χ0n) is 9.41. The van der Waals surface area contributed by atoms with Crippen molar-refractivity contribution in [2.75, 3.05) is 38.2 Å². The third-order valence-corrected chi connectivity index (χ3v) is 2.70. The average Bonchev–Trinajstić information content (AvgIpc) is 2.16. The van der Waals surface area contributed by atoms with Crippen molar-refractivity contribution in [1.29, 1.82) is 0 Å². The molecule has 0 saturated carbocycles. The molecule has 0 aliphatic carbocycles. The van der Waals surface area contributed by atoms with Gasteiger partial charge in [0.25, 0.3) is 0 Å². The van der Waals surface area contributed by atoms with Crippen LogP contribution >= 0.6 is 11.8 Å². The van der Waals surface area contributed by atoms with Crippen LogP contribution in [0.25, 0.3) is 0 Å². The lowest BCUT2D eigenvalue weighted by Crippen LogP contribution is -2.25. The van der Waals surface area contributed by atoms with E-state index < -0.39 is 0 Å². The molecule has 0 N–H and O–H groups in total. The molecule has 0 fully saturated rings. The van der Waals surface area contributed by atoms with Crippen molar-refractivity contribution in [2.24, 2.45) is 0 Å². The van der Waals surface area contributed by atoms with Crippen LogP contribution in [-0.2, 0) is 9.53 Å². The molecule has 0 aliphatic rings. The first-order chi connectivity index (χ1) is 6.70. The van der Waals surface area contributed by atoms with Crippen LogP contribution in [0.5, 0.6) is 0 Å². The van der Waals surface area contributed by atoms with Gasteiger partial charge in [-0.25, -0.2) is 0 Å². The van der Waals surface area contributed by atoms with Crippen molar-refractivity contribution in [1.82, 2.24) is 4.90 Å². The van der Waals surface area contributed by atoms with E-state index in [0.717, 1.165) is 24.6 Å². The molecule has 0 rings (SSSR count). The maximum Gasteiger partial charge on any atom is 0.307 e. The van der Waals surface area contributed by atoms with Crippen molar-refractivity contribution >= 4 is 17.7 Å². The molecule has 4 heteroatoms. The number of esters is 1. The van der Waals surface area contributed by atoms with E-state index in [1.807, 2.05) is 25.7 Å². The highest BCUT2D eigenvalue weighted by molar-refractivity contribution is 7.99. The summed E-state index contributed by atoms with van der Waals surface area (Å²) in [5.41, 5.74) is 0. The van der Waals surface area contributed by atoms with E-state index in [1.165, 1.54) is 0 Å². The molecule has 0 aliphatic heterocycles. The number of hydrogen-bond acceptors (Lipinski definition) is 4. The predicted molar refractivity (Wildman–Crippen MR) is 61.7 cm³/mol. The van der Waals surface area contributed by atoms with Crippen LogP contribution in [0.4, 0.5) is 0 Å². The van der Waals surface area contributed by atoms with Crippen LogP contribution in [0.15, 0.2) is 0 Å². The van der Waals surface area contributed by atoms with Gasteiger partial charge in [0, 0.05) is 18.8 Å². The first kappa shape index (κ1) is 13.8. The standard InChI is InChI=1S/C10H21NO2S/c1-4-13-10(12)6-7-11(3)8-9-14-5-2/h4-9H2,1-3H3. The lowest BCUT2D eigenvalue weighted by atomic mass is 10.4. The highest BCUT2D eigenvalue weighted by atomic mass is 32.2. The van der Waals surface area contributed by atoms with Crippen molar-refractivity contribution in [3.05, 3.63) is 0 Å². The molecule has 3 nitrogen and oxygen atoms in total. The van der Waals surface area contributed by atoms with E-state index in [9.17, 15) is 4.79 Å². The quantitative estimate of drug-likeness (QED) is 0.458. The predicted octanol–water partition coefficient (Wildman–Crippen LogP) is 1.62. The molecular formula is C10H21NO2S. The number of thioether (sulfide) groups is 1. The van der Waals surface area contributed by atoms with Crippen molar-refractivity contribution in [2.45, 2.75) is 20.3 Å². The number of nitrogens with zero attached hydrogens (tertiary/aromatic N) is 1. The van der Waals surface area contributed by atoms with Gasteiger partial charge in [-0.3, -0.25) is 4.79 Å². The number of carbonyl (C=O) groups excluding carboxylic acids is 1. The third kappa shape index (κ3) is 8.38. The van der Waals surface area contributed by atoms with Gasteiger partial charge in [-0.15, -0.1) is 0 Å². The smallest absolute Gasteiger partial charge is 0.307 e. The first-order valence-corrected chi connectivity index (χ1v) is 6.28. The minimum absolute atomic E-state index is 0.0949. The van der Waals surface area contributed by atoms with Crippen molar-refractivity contribution in [3.8, 4) is 0 Å². The number of ether oxygens (including phenoxy) is 1. The van der Waals surface area contributed by atoms with Crippen LogP contribution < -0.4 is 0 Å². The lowest BCUT2D eigenvalue weighted by molar-refractivity contribution is -0.143. The second-order valence-electron chi connectivity index (χ2n) is 3.06. The summed E-state index contributed by atoms with van der Waals surface area (Å²) in [6.45, 7) is 6.30. The van der Waals surface area contributed by atoms with Crippen LogP contribution in [0.1, 0.15) is 20.3 Å². The summed E-state index contributed by atoms with van der Waals surface area (Å²) in [5.74, 6) is 2.20. The maximum atomic E-state index is 11.0. The Balaban J connectivity index is 3.33. The Kier molecular flexibility index (Phi) is 9.19. The Labute approximate surface area is 91.2 Å². The molecule has 0 saturated heterocycles. The largest absolute Gasteiger partial charge is 0.466 e. The Hall–Kier alpha value is -0.220. The fraction of sp³-hybridized carbons (Fsp3) is 0.900. The number of hydrogen-bond donors (Lipinski definition) is 0. The minimum Gasteiger partial charge on any atom is -0.466 e. The Morgan fingerprint density at radius 1 is 1.36 bits per heavy atom. The maximum absolute atomic E-state index is 11.0. The van der Waals surface area contributed by atoms with Gasteiger partial charge in [0.2, 0.25) is 0 Å². The topological polar surface area (TPSA) is 29.5 Å². The molecule has 0 heterocycles. The first-order valence-electron chi connectivity index (χ1n) is 5.12. The van der Waals surface area contributed by atoms with Gasteiger partial charge in [-0.2, -0.15) is 11.8 Å². The van der Waals surface area contributed by atoms with Gasteiger partial charge in [-0.1, -0.05) is 6.92 Å². The second kappa shape index (κ2) is 9.34. The average molecular weight is 219 g/mol. The van der Waals surface area contributed by atoms with Crippen LogP contribution in [-0.4, -0.2) is 49.1 Å².